The molecule has 4 saturated carbocycles. The maximum atomic E-state index is 14.6. The lowest BCUT2D eigenvalue weighted by Gasteiger charge is -2.51. The van der Waals surface area contributed by atoms with E-state index in [1.807, 2.05) is 13.8 Å². The van der Waals surface area contributed by atoms with Gasteiger partial charge in [-0.25, -0.2) is 0 Å². The monoisotopic (exact) mass is 494 g/mol. The Kier molecular flexibility index (Phi) is 5.54. The molecule has 0 heterocycles. The SMILES string of the molecule is CC1C2CC(C1C)C(CC1(C)CC3CC(CC(O)(C(F)(F)F)C(F)(F)F)C1C3)(C(F)(F)F)C2. The first kappa shape index (κ1) is 25.4. The summed E-state index contributed by atoms with van der Waals surface area (Å²) in [5.41, 5.74) is -7.81. The lowest BCUT2D eigenvalue weighted by atomic mass is 9.55. The molecular formula is C23H31F9O. The van der Waals surface area contributed by atoms with Crippen LogP contribution in [-0.4, -0.2) is 29.2 Å². The van der Waals surface area contributed by atoms with Crippen molar-refractivity contribution in [3.8, 4) is 0 Å². The second kappa shape index (κ2) is 7.19. The molecule has 0 aromatic heterocycles. The Labute approximate surface area is 187 Å². The first-order chi connectivity index (χ1) is 14.8. The van der Waals surface area contributed by atoms with E-state index in [1.54, 1.807) is 6.92 Å². The summed E-state index contributed by atoms with van der Waals surface area (Å²) in [6, 6.07) is 0. The van der Waals surface area contributed by atoms with Gasteiger partial charge in [-0.05, 0) is 91.8 Å². The minimum atomic E-state index is -5.91. The van der Waals surface area contributed by atoms with Crippen LogP contribution in [0.25, 0.3) is 0 Å². The van der Waals surface area contributed by atoms with Crippen LogP contribution in [0.2, 0.25) is 0 Å². The largest absolute Gasteiger partial charge is 0.426 e. The molecule has 9 unspecified atom stereocenters. The lowest BCUT2D eigenvalue weighted by Crippen LogP contribution is -2.58. The summed E-state index contributed by atoms with van der Waals surface area (Å²) in [5.74, 6) is -2.65. The Morgan fingerprint density at radius 2 is 1.36 bits per heavy atom. The predicted octanol–water partition coefficient (Wildman–Crippen LogP) is 7.54. The van der Waals surface area contributed by atoms with Crippen molar-refractivity contribution >= 4 is 0 Å². The Bertz CT molecular complexity index is 755. The Morgan fingerprint density at radius 1 is 0.788 bits per heavy atom. The van der Waals surface area contributed by atoms with Gasteiger partial charge in [-0.1, -0.05) is 20.8 Å². The summed E-state index contributed by atoms with van der Waals surface area (Å²) in [7, 11) is 0. The van der Waals surface area contributed by atoms with Crippen LogP contribution < -0.4 is 0 Å². The second-order valence-electron chi connectivity index (χ2n) is 12.0. The van der Waals surface area contributed by atoms with Crippen molar-refractivity contribution in [3.63, 3.8) is 0 Å². The highest BCUT2D eigenvalue weighted by Gasteiger charge is 2.74. The van der Waals surface area contributed by atoms with Gasteiger partial charge >= 0.3 is 18.5 Å². The Balaban J connectivity index is 1.62. The van der Waals surface area contributed by atoms with E-state index in [9.17, 15) is 44.6 Å². The highest BCUT2D eigenvalue weighted by Crippen LogP contribution is 2.73. The van der Waals surface area contributed by atoms with Crippen LogP contribution in [0, 0.1) is 52.3 Å². The van der Waals surface area contributed by atoms with Crippen LogP contribution in [0.1, 0.15) is 65.7 Å². The van der Waals surface area contributed by atoms with Crippen molar-refractivity contribution in [2.45, 2.75) is 89.8 Å². The van der Waals surface area contributed by atoms with Gasteiger partial charge in [-0.3, -0.25) is 0 Å². The van der Waals surface area contributed by atoms with Crippen molar-refractivity contribution in [1.29, 1.82) is 0 Å². The van der Waals surface area contributed by atoms with Gasteiger partial charge in [0, 0.05) is 0 Å². The fraction of sp³-hybridized carbons (Fsp3) is 1.00. The molecule has 4 fully saturated rings. The third-order valence-electron chi connectivity index (χ3n) is 10.3. The molecule has 0 aromatic carbocycles. The fourth-order valence-corrected chi connectivity index (χ4v) is 8.79. The van der Waals surface area contributed by atoms with E-state index in [0.29, 0.717) is 19.3 Å². The van der Waals surface area contributed by atoms with Crippen LogP contribution in [0.5, 0.6) is 0 Å². The zero-order chi connectivity index (χ0) is 25.0. The molecule has 0 aliphatic heterocycles. The molecule has 0 spiro atoms. The number of rotatable bonds is 4. The number of halogens is 9. The van der Waals surface area contributed by atoms with Gasteiger partial charge in [-0.15, -0.1) is 0 Å². The van der Waals surface area contributed by atoms with E-state index < -0.39 is 59.1 Å². The van der Waals surface area contributed by atoms with Gasteiger partial charge in [0.2, 0.25) is 0 Å². The smallest absolute Gasteiger partial charge is 0.374 e. The number of alkyl halides is 9. The van der Waals surface area contributed by atoms with E-state index in [1.165, 1.54) is 0 Å². The van der Waals surface area contributed by atoms with Gasteiger partial charge in [0.15, 0.2) is 0 Å². The molecule has 33 heavy (non-hydrogen) atoms. The van der Waals surface area contributed by atoms with Crippen molar-refractivity contribution in [2.75, 3.05) is 0 Å². The zero-order valence-corrected chi connectivity index (χ0v) is 18.8. The first-order valence-electron chi connectivity index (χ1n) is 11.7. The molecule has 192 valence electrons. The fourth-order valence-electron chi connectivity index (χ4n) is 8.79. The van der Waals surface area contributed by atoms with Gasteiger partial charge in [0.05, 0.1) is 5.41 Å². The number of aliphatic hydroxyl groups is 1. The number of hydrogen-bond acceptors (Lipinski definition) is 1. The summed E-state index contributed by atoms with van der Waals surface area (Å²) in [5, 5.41) is 9.73. The molecule has 4 aliphatic carbocycles. The highest BCUT2D eigenvalue weighted by molar-refractivity contribution is 5.14. The Hall–Kier alpha value is -0.670. The average molecular weight is 494 g/mol. The van der Waals surface area contributed by atoms with Crippen molar-refractivity contribution in [3.05, 3.63) is 0 Å². The van der Waals surface area contributed by atoms with E-state index in [-0.39, 0.29) is 42.9 Å². The minimum Gasteiger partial charge on any atom is -0.374 e. The topological polar surface area (TPSA) is 20.2 Å². The molecule has 0 radical (unpaired) electrons. The minimum absolute atomic E-state index is 0.0145. The van der Waals surface area contributed by atoms with Gasteiger partial charge in [-0.2, -0.15) is 39.5 Å². The molecule has 4 aliphatic rings. The Morgan fingerprint density at radius 3 is 1.79 bits per heavy atom. The van der Waals surface area contributed by atoms with Crippen LogP contribution in [0.3, 0.4) is 0 Å². The lowest BCUT2D eigenvalue weighted by molar-refractivity contribution is -0.374. The molecule has 9 atom stereocenters. The summed E-state index contributed by atoms with van der Waals surface area (Å²) in [6.07, 6.45) is -16.9. The van der Waals surface area contributed by atoms with Gasteiger partial charge in [0.1, 0.15) is 0 Å². The average Bonchev–Trinajstić information content (AvgIpc) is 3.33. The summed E-state index contributed by atoms with van der Waals surface area (Å²) < 4.78 is 124. The standard InChI is InChI=1S/C23H31F9O/c1-11-12(2)16-6-14(11)8-19(16,21(24,25)26)10-18(3)7-13-4-15(17(18)5-13)9-20(33,22(27,28)29)23(30,31)32/h11-17,33H,4-10H2,1-3H3. The molecule has 4 bridgehead atoms. The number of fused-ring (bicyclic) bond motifs is 4. The quantitative estimate of drug-likeness (QED) is 0.401. The molecule has 10 heteroatoms. The van der Waals surface area contributed by atoms with Gasteiger partial charge < -0.3 is 5.11 Å². The number of hydrogen-bond donors (Lipinski definition) is 1. The highest BCUT2D eigenvalue weighted by atomic mass is 19.4. The zero-order valence-electron chi connectivity index (χ0n) is 18.8. The van der Waals surface area contributed by atoms with E-state index in [4.69, 9.17) is 0 Å². The van der Waals surface area contributed by atoms with Gasteiger partial charge in [0.25, 0.3) is 5.60 Å². The van der Waals surface area contributed by atoms with E-state index in [0.717, 1.165) is 0 Å². The van der Waals surface area contributed by atoms with Crippen LogP contribution in [-0.2, 0) is 0 Å². The molecule has 1 nitrogen and oxygen atoms in total. The van der Waals surface area contributed by atoms with Crippen molar-refractivity contribution in [1.82, 2.24) is 0 Å². The maximum Gasteiger partial charge on any atom is 0.426 e. The third-order valence-corrected chi connectivity index (χ3v) is 10.3. The van der Waals surface area contributed by atoms with Crippen LogP contribution in [0.15, 0.2) is 0 Å². The first-order valence-corrected chi connectivity index (χ1v) is 11.7. The van der Waals surface area contributed by atoms with Crippen LogP contribution in [0.4, 0.5) is 39.5 Å². The molecule has 0 saturated heterocycles. The van der Waals surface area contributed by atoms with Crippen molar-refractivity contribution in [2.24, 2.45) is 52.3 Å². The maximum absolute atomic E-state index is 14.6. The molecule has 0 amide bonds. The molecule has 4 rings (SSSR count). The van der Waals surface area contributed by atoms with Crippen LogP contribution >= 0.6 is 0 Å². The molecule has 0 aromatic rings. The van der Waals surface area contributed by atoms with Crippen molar-refractivity contribution < 1.29 is 44.6 Å². The molecular weight excluding hydrogens is 463 g/mol. The summed E-state index contributed by atoms with van der Waals surface area (Å²) in [4.78, 5) is 0. The van der Waals surface area contributed by atoms with E-state index >= 15 is 0 Å². The predicted molar refractivity (Wildman–Crippen MR) is 102 cm³/mol. The normalized spacial score (nSPS) is 45.9. The summed E-state index contributed by atoms with van der Waals surface area (Å²) in [6.45, 7) is 5.41. The second-order valence-corrected chi connectivity index (χ2v) is 12.0. The summed E-state index contributed by atoms with van der Waals surface area (Å²) >= 11 is 0. The third kappa shape index (κ3) is 3.53. The van der Waals surface area contributed by atoms with E-state index in [2.05, 4.69) is 0 Å². The molecule has 1 N–H and O–H groups in total.